The van der Waals surface area contributed by atoms with E-state index in [0.717, 1.165) is 17.7 Å². The van der Waals surface area contributed by atoms with Crippen molar-refractivity contribution in [2.24, 2.45) is 23.7 Å². The number of hydrogen-bond acceptors (Lipinski definition) is 9. The van der Waals surface area contributed by atoms with Crippen molar-refractivity contribution in [3.05, 3.63) is 37.1 Å². The molecule has 2 aromatic heterocycles. The molecule has 0 spiro atoms. The molecule has 2 aromatic rings. The Morgan fingerprint density at radius 3 is 2.30 bits per heavy atom. The van der Waals surface area contributed by atoms with Gasteiger partial charge in [0.05, 0.1) is 23.7 Å². The molecule has 11 heteroatoms. The summed E-state index contributed by atoms with van der Waals surface area (Å²) in [6.45, 7) is 13.6. The summed E-state index contributed by atoms with van der Waals surface area (Å²) in [5.74, 6) is -3.45. The summed E-state index contributed by atoms with van der Waals surface area (Å²) in [7, 11) is 1.58. The van der Waals surface area contributed by atoms with Crippen LogP contribution in [0.1, 0.15) is 80.6 Å². The average Bonchev–Trinajstić information content (AvgIpc) is 3.61. The van der Waals surface area contributed by atoms with Crippen molar-refractivity contribution in [3.63, 3.8) is 0 Å². The van der Waals surface area contributed by atoms with E-state index in [0.29, 0.717) is 38.8 Å². The van der Waals surface area contributed by atoms with Gasteiger partial charge < -0.3 is 23.7 Å². The van der Waals surface area contributed by atoms with Gasteiger partial charge in [-0.25, -0.2) is 9.78 Å². The second-order valence-electron chi connectivity index (χ2n) is 13.6. The summed E-state index contributed by atoms with van der Waals surface area (Å²) in [5, 5.41) is 0. The number of esters is 1. The van der Waals surface area contributed by atoms with Crippen molar-refractivity contribution in [1.29, 1.82) is 0 Å². The standard InChI is InChI=1S/C35H50N4O7/c1-9-28-35(7)31(24(4)29(40)22(2)17-34(6,44-8)18-23(3)30(41)25(5)32(42)45-28)39(33(43)46-35)16-11-10-15-38-20-27(37-21-38)26-13-12-14-36-19-26/h12-14,19-25,28,31H,9-11,15-18H2,1-8H3/t22-,23-,24+,25-,28-,31?,34-,35-/m1/s1. The number of carbonyl (C=O) groups excluding carboxylic acids is 4. The number of rotatable bonds is 8. The summed E-state index contributed by atoms with van der Waals surface area (Å²) >= 11 is 0. The zero-order valence-corrected chi connectivity index (χ0v) is 28.5. The molecular weight excluding hydrogens is 588 g/mol. The maximum absolute atomic E-state index is 14.1. The minimum atomic E-state index is -1.30. The van der Waals surface area contributed by atoms with Gasteiger partial charge in [-0.1, -0.05) is 27.7 Å². The molecule has 46 heavy (non-hydrogen) atoms. The number of fused-ring (bicyclic) bond motifs is 1. The molecule has 4 rings (SSSR count). The number of methoxy groups -OCH3 is 1. The molecule has 4 heterocycles. The number of ether oxygens (including phenoxy) is 3. The molecule has 11 nitrogen and oxygen atoms in total. The van der Waals surface area contributed by atoms with Crippen molar-refractivity contribution in [3.8, 4) is 11.3 Å². The van der Waals surface area contributed by atoms with Crippen LogP contribution in [0.5, 0.6) is 0 Å². The molecule has 1 amide bonds. The normalized spacial score (nSPS) is 32.9. The number of pyridine rings is 1. The number of carbonyl (C=O) groups is 4. The highest BCUT2D eigenvalue weighted by atomic mass is 16.6. The maximum atomic E-state index is 14.1. The van der Waals surface area contributed by atoms with E-state index in [4.69, 9.17) is 14.2 Å². The highest BCUT2D eigenvalue weighted by Gasteiger charge is 2.59. The van der Waals surface area contributed by atoms with Gasteiger partial charge in [0.25, 0.3) is 0 Å². The van der Waals surface area contributed by atoms with Crippen LogP contribution in [0.4, 0.5) is 4.79 Å². The van der Waals surface area contributed by atoms with E-state index in [1.807, 2.05) is 50.6 Å². The Morgan fingerprint density at radius 2 is 1.67 bits per heavy atom. The highest BCUT2D eigenvalue weighted by Crippen LogP contribution is 2.42. The van der Waals surface area contributed by atoms with Gasteiger partial charge >= 0.3 is 12.1 Å². The van der Waals surface area contributed by atoms with E-state index < -0.39 is 59.1 Å². The number of ketones is 2. The summed E-state index contributed by atoms with van der Waals surface area (Å²) in [5.41, 5.74) is -0.295. The van der Waals surface area contributed by atoms with Crippen LogP contribution in [-0.2, 0) is 35.1 Å². The third kappa shape index (κ3) is 7.35. The van der Waals surface area contributed by atoms with Gasteiger partial charge in [-0.15, -0.1) is 0 Å². The minimum absolute atomic E-state index is 0.0327. The second kappa shape index (κ2) is 14.4. The van der Waals surface area contributed by atoms with Crippen LogP contribution >= 0.6 is 0 Å². The Kier molecular flexibility index (Phi) is 11.1. The Labute approximate surface area is 272 Å². The van der Waals surface area contributed by atoms with Gasteiger partial charge in [0.1, 0.15) is 23.6 Å². The largest absolute Gasteiger partial charge is 0.458 e. The zero-order chi connectivity index (χ0) is 33.8. The van der Waals surface area contributed by atoms with E-state index >= 15 is 0 Å². The van der Waals surface area contributed by atoms with Gasteiger partial charge in [0.2, 0.25) is 0 Å². The van der Waals surface area contributed by atoms with Crippen molar-refractivity contribution in [2.75, 3.05) is 13.7 Å². The van der Waals surface area contributed by atoms with Crippen molar-refractivity contribution < 1.29 is 33.4 Å². The number of Topliss-reactive ketones (excluding diaryl/α,β-unsaturated/α-hetero) is 2. The van der Waals surface area contributed by atoms with Crippen LogP contribution in [0.25, 0.3) is 11.3 Å². The smallest absolute Gasteiger partial charge is 0.410 e. The first-order chi connectivity index (χ1) is 21.7. The minimum Gasteiger partial charge on any atom is -0.458 e. The van der Waals surface area contributed by atoms with Crippen LogP contribution < -0.4 is 0 Å². The van der Waals surface area contributed by atoms with Gasteiger partial charge in [-0.3, -0.25) is 19.4 Å². The molecule has 0 radical (unpaired) electrons. The number of nitrogens with zero attached hydrogens (tertiary/aromatic N) is 4. The average molecular weight is 639 g/mol. The number of cyclic esters (lactones) is 1. The first kappa shape index (κ1) is 35.3. The quantitative estimate of drug-likeness (QED) is 0.209. The van der Waals surface area contributed by atoms with Gasteiger partial charge in [0, 0.05) is 62.1 Å². The number of aromatic nitrogens is 3. The van der Waals surface area contributed by atoms with E-state index in [-0.39, 0.29) is 11.6 Å². The molecule has 252 valence electrons. The molecule has 2 fully saturated rings. The van der Waals surface area contributed by atoms with Crippen molar-refractivity contribution in [2.45, 2.75) is 110 Å². The Bertz CT molecular complexity index is 1400. The van der Waals surface area contributed by atoms with E-state index in [1.165, 1.54) is 0 Å². The predicted molar refractivity (Wildman–Crippen MR) is 172 cm³/mol. The van der Waals surface area contributed by atoms with Crippen molar-refractivity contribution >= 4 is 23.6 Å². The maximum Gasteiger partial charge on any atom is 0.410 e. The van der Waals surface area contributed by atoms with E-state index in [2.05, 4.69) is 9.97 Å². The van der Waals surface area contributed by atoms with Crippen LogP contribution in [0, 0.1) is 23.7 Å². The summed E-state index contributed by atoms with van der Waals surface area (Å²) in [4.78, 5) is 64.6. The number of hydrogen-bond donors (Lipinski definition) is 0. The molecule has 2 aliphatic heterocycles. The fraction of sp³-hybridized carbons (Fsp3) is 0.657. The van der Waals surface area contributed by atoms with Gasteiger partial charge in [0.15, 0.2) is 5.60 Å². The predicted octanol–water partition coefficient (Wildman–Crippen LogP) is 5.51. The monoisotopic (exact) mass is 638 g/mol. The Hall–Kier alpha value is -3.60. The van der Waals surface area contributed by atoms with Crippen LogP contribution in [0.3, 0.4) is 0 Å². The Morgan fingerprint density at radius 1 is 1.00 bits per heavy atom. The lowest BCUT2D eigenvalue weighted by molar-refractivity contribution is -0.171. The molecule has 2 aliphatic rings. The van der Waals surface area contributed by atoms with Gasteiger partial charge in [-0.05, 0) is 65.0 Å². The second-order valence-corrected chi connectivity index (χ2v) is 13.6. The third-order valence-corrected chi connectivity index (χ3v) is 10.0. The van der Waals surface area contributed by atoms with Crippen molar-refractivity contribution in [1.82, 2.24) is 19.4 Å². The summed E-state index contributed by atoms with van der Waals surface area (Å²) in [6.07, 6.45) is 8.36. The molecule has 8 atom stereocenters. The van der Waals surface area contributed by atoms with Crippen LogP contribution in [0.2, 0.25) is 0 Å². The highest BCUT2D eigenvalue weighted by molar-refractivity contribution is 5.99. The van der Waals surface area contributed by atoms with E-state index in [9.17, 15) is 19.2 Å². The lowest BCUT2D eigenvalue weighted by Crippen LogP contribution is -2.58. The lowest BCUT2D eigenvalue weighted by Gasteiger charge is -2.41. The molecule has 0 bridgehead atoms. The molecular formula is C35H50N4O7. The first-order valence-electron chi connectivity index (χ1n) is 16.5. The van der Waals surface area contributed by atoms with E-state index in [1.54, 1.807) is 51.5 Å². The molecule has 0 N–H and O–H groups in total. The summed E-state index contributed by atoms with van der Waals surface area (Å²) in [6, 6.07) is 3.15. The van der Waals surface area contributed by atoms with Crippen LogP contribution in [-0.4, -0.2) is 80.1 Å². The first-order valence-corrected chi connectivity index (χ1v) is 16.5. The molecule has 2 saturated heterocycles. The SMILES string of the molecule is CC[C@H]1OC(=O)[C@H](C)C(=O)[C@H](C)C[C@](C)(OC)C[C@@H](C)C(=O)[C@H](C)C2N(CCCCn3cnc(-c4cccnc4)c3)C(=O)O[C@@]21C. The topological polar surface area (TPSA) is 130 Å². The fourth-order valence-corrected chi connectivity index (χ4v) is 7.45. The molecule has 0 saturated carbocycles. The number of amides is 1. The zero-order valence-electron chi connectivity index (χ0n) is 28.5. The molecule has 0 aliphatic carbocycles. The number of imidazole rings is 1. The lowest BCUT2D eigenvalue weighted by atomic mass is 9.74. The summed E-state index contributed by atoms with van der Waals surface area (Å²) < 4.78 is 19.9. The Balaban J connectivity index is 1.58. The number of aryl methyl sites for hydroxylation is 1. The van der Waals surface area contributed by atoms with Gasteiger partial charge in [-0.2, -0.15) is 0 Å². The number of unbranched alkanes of at least 4 members (excludes halogenated alkanes) is 1. The fourth-order valence-electron chi connectivity index (χ4n) is 7.45. The molecule has 1 unspecified atom stereocenters. The third-order valence-electron chi connectivity index (χ3n) is 10.0. The van der Waals surface area contributed by atoms with Crippen LogP contribution in [0.15, 0.2) is 37.1 Å². The molecule has 0 aromatic carbocycles.